The number of aliphatic hydroxyl groups is 1. The number of hydrogen-bond donors (Lipinski definition) is 1. The van der Waals surface area contributed by atoms with Crippen LogP contribution in [-0.4, -0.2) is 17.0 Å². The molecule has 0 amide bonds. The third-order valence-electron chi connectivity index (χ3n) is 2.96. The lowest BCUT2D eigenvalue weighted by atomic mass is 10.0. The highest BCUT2D eigenvalue weighted by atomic mass is 79.9. The molecule has 2 aromatic rings. The van der Waals surface area contributed by atoms with Crippen LogP contribution in [-0.2, 0) is 6.42 Å². The minimum absolute atomic E-state index is 0.315. The van der Waals surface area contributed by atoms with E-state index in [1.165, 1.54) is 16.0 Å². The van der Waals surface area contributed by atoms with Crippen LogP contribution in [0.5, 0.6) is 0 Å². The predicted molar refractivity (Wildman–Crippen MR) is 85.8 cm³/mol. The molecule has 0 saturated carbocycles. The summed E-state index contributed by atoms with van der Waals surface area (Å²) >= 11 is 5.14. The van der Waals surface area contributed by atoms with E-state index < -0.39 is 0 Å². The molecular weight excluding hydrogens is 320 g/mol. The van der Waals surface area contributed by atoms with Crippen molar-refractivity contribution in [3.63, 3.8) is 0 Å². The van der Waals surface area contributed by atoms with E-state index in [0.29, 0.717) is 12.2 Å². The summed E-state index contributed by atoms with van der Waals surface area (Å²) in [6.07, 6.45) is 0.401. The normalized spacial score (nSPS) is 12.4. The Bertz CT molecular complexity index is 542. The first-order chi connectivity index (χ1) is 9.15. The molecule has 1 unspecified atom stereocenters. The van der Waals surface area contributed by atoms with Crippen molar-refractivity contribution in [1.29, 1.82) is 0 Å². The Morgan fingerprint density at radius 3 is 2.68 bits per heavy atom. The minimum atomic E-state index is -0.315. The van der Waals surface area contributed by atoms with Crippen molar-refractivity contribution in [2.45, 2.75) is 24.3 Å². The van der Waals surface area contributed by atoms with E-state index in [2.05, 4.69) is 47.1 Å². The van der Waals surface area contributed by atoms with Gasteiger partial charge >= 0.3 is 0 Å². The third-order valence-corrected chi connectivity index (χ3v) is 4.59. The molecule has 0 heterocycles. The molecule has 1 N–H and O–H groups in total. The summed E-state index contributed by atoms with van der Waals surface area (Å²) in [4.78, 5) is 1.18. The van der Waals surface area contributed by atoms with Crippen molar-refractivity contribution in [2.24, 2.45) is 0 Å². The van der Waals surface area contributed by atoms with Crippen molar-refractivity contribution >= 4 is 27.7 Å². The van der Waals surface area contributed by atoms with Crippen LogP contribution in [0.4, 0.5) is 0 Å². The summed E-state index contributed by atoms with van der Waals surface area (Å²) in [6.45, 7) is 2.09. The van der Waals surface area contributed by atoms with Crippen LogP contribution in [0, 0.1) is 6.92 Å². The fourth-order valence-electron chi connectivity index (χ4n) is 1.90. The number of benzene rings is 2. The zero-order valence-corrected chi connectivity index (χ0v) is 13.2. The monoisotopic (exact) mass is 336 g/mol. The number of aryl methyl sites for hydroxylation is 1. The van der Waals surface area contributed by atoms with Gasteiger partial charge in [-0.15, -0.1) is 11.8 Å². The number of halogens is 1. The molecule has 0 aromatic heterocycles. The Balaban J connectivity index is 1.88. The van der Waals surface area contributed by atoms with Crippen LogP contribution in [0.2, 0.25) is 0 Å². The summed E-state index contributed by atoms with van der Waals surface area (Å²) in [5, 5.41) is 10.1. The first kappa shape index (κ1) is 14.6. The second-order valence-electron chi connectivity index (χ2n) is 4.55. The van der Waals surface area contributed by atoms with Gasteiger partial charge in [-0.2, -0.15) is 0 Å². The first-order valence-electron chi connectivity index (χ1n) is 6.26. The standard InChI is InChI=1S/C16H17BrOS/c1-12-5-2-3-6-13(12)9-15(18)11-19-16-8-4-7-14(17)10-16/h2-8,10,15,18H,9,11H2,1H3. The van der Waals surface area contributed by atoms with Gasteiger partial charge in [-0.3, -0.25) is 0 Å². The highest BCUT2D eigenvalue weighted by Gasteiger charge is 2.08. The SMILES string of the molecule is Cc1ccccc1CC(O)CSc1cccc(Br)c1. The third kappa shape index (κ3) is 4.68. The molecule has 0 spiro atoms. The molecule has 3 heteroatoms. The van der Waals surface area contributed by atoms with Crippen LogP contribution in [0.1, 0.15) is 11.1 Å². The molecular formula is C16H17BrOS. The zero-order chi connectivity index (χ0) is 13.7. The average molecular weight is 337 g/mol. The second kappa shape index (κ2) is 7.13. The van der Waals surface area contributed by atoms with Crippen LogP contribution in [0.15, 0.2) is 57.9 Å². The van der Waals surface area contributed by atoms with Crippen molar-refractivity contribution in [1.82, 2.24) is 0 Å². The van der Waals surface area contributed by atoms with E-state index in [1.807, 2.05) is 24.3 Å². The Labute approximate surface area is 127 Å². The predicted octanol–water partition coefficient (Wildman–Crippen LogP) is 4.45. The van der Waals surface area contributed by atoms with Gasteiger partial charge in [0, 0.05) is 15.1 Å². The summed E-state index contributed by atoms with van der Waals surface area (Å²) in [5.41, 5.74) is 2.47. The highest BCUT2D eigenvalue weighted by molar-refractivity contribution is 9.10. The molecule has 0 radical (unpaired) electrons. The number of rotatable bonds is 5. The van der Waals surface area contributed by atoms with Crippen molar-refractivity contribution in [3.05, 3.63) is 64.1 Å². The molecule has 19 heavy (non-hydrogen) atoms. The molecule has 1 atom stereocenters. The summed E-state index contributed by atoms with van der Waals surface area (Å²) in [7, 11) is 0. The molecule has 0 aliphatic rings. The Kier molecular flexibility index (Phi) is 5.49. The maximum Gasteiger partial charge on any atom is 0.0674 e. The van der Waals surface area contributed by atoms with Gasteiger partial charge in [0.1, 0.15) is 0 Å². The average Bonchev–Trinajstić information content (AvgIpc) is 2.39. The Hall–Kier alpha value is -0.770. The van der Waals surface area contributed by atoms with E-state index >= 15 is 0 Å². The van der Waals surface area contributed by atoms with Gasteiger partial charge in [-0.05, 0) is 42.7 Å². The van der Waals surface area contributed by atoms with Gasteiger partial charge in [-0.25, -0.2) is 0 Å². The number of thioether (sulfide) groups is 1. The summed E-state index contributed by atoms with van der Waals surface area (Å²) < 4.78 is 1.07. The lowest BCUT2D eigenvalue weighted by molar-refractivity contribution is 0.200. The van der Waals surface area contributed by atoms with E-state index in [4.69, 9.17) is 0 Å². The number of aliphatic hydroxyl groups excluding tert-OH is 1. The molecule has 2 aromatic carbocycles. The van der Waals surface area contributed by atoms with E-state index in [-0.39, 0.29) is 6.10 Å². The fourth-order valence-corrected chi connectivity index (χ4v) is 3.34. The molecule has 0 aliphatic carbocycles. The Morgan fingerprint density at radius 1 is 1.16 bits per heavy atom. The quantitative estimate of drug-likeness (QED) is 0.814. The van der Waals surface area contributed by atoms with Crippen LogP contribution in [0.25, 0.3) is 0 Å². The first-order valence-corrected chi connectivity index (χ1v) is 8.04. The minimum Gasteiger partial charge on any atom is -0.392 e. The smallest absolute Gasteiger partial charge is 0.0674 e. The molecule has 0 fully saturated rings. The van der Waals surface area contributed by atoms with E-state index in [0.717, 1.165) is 4.47 Å². The zero-order valence-electron chi connectivity index (χ0n) is 10.8. The van der Waals surface area contributed by atoms with Crippen molar-refractivity contribution in [2.75, 3.05) is 5.75 Å². The van der Waals surface area contributed by atoms with Crippen molar-refractivity contribution in [3.8, 4) is 0 Å². The lowest BCUT2D eigenvalue weighted by Gasteiger charge is -2.12. The topological polar surface area (TPSA) is 20.2 Å². The molecule has 0 aliphatic heterocycles. The maximum absolute atomic E-state index is 10.1. The van der Waals surface area contributed by atoms with Crippen molar-refractivity contribution < 1.29 is 5.11 Å². The molecule has 0 bridgehead atoms. The van der Waals surface area contributed by atoms with Gasteiger partial charge in [-0.1, -0.05) is 46.3 Å². The Morgan fingerprint density at radius 2 is 1.95 bits per heavy atom. The lowest BCUT2D eigenvalue weighted by Crippen LogP contribution is -2.14. The summed E-state index contributed by atoms with van der Waals surface area (Å²) in [5.74, 6) is 0.713. The van der Waals surface area contributed by atoms with Gasteiger partial charge < -0.3 is 5.11 Å². The second-order valence-corrected chi connectivity index (χ2v) is 6.56. The van der Waals surface area contributed by atoms with Gasteiger partial charge in [0.2, 0.25) is 0 Å². The van der Waals surface area contributed by atoms with Crippen LogP contribution < -0.4 is 0 Å². The van der Waals surface area contributed by atoms with Gasteiger partial charge in [0.25, 0.3) is 0 Å². The van der Waals surface area contributed by atoms with Gasteiger partial charge in [0.15, 0.2) is 0 Å². The summed E-state index contributed by atoms with van der Waals surface area (Å²) in [6, 6.07) is 16.4. The largest absolute Gasteiger partial charge is 0.392 e. The van der Waals surface area contributed by atoms with Gasteiger partial charge in [0.05, 0.1) is 6.10 Å². The highest BCUT2D eigenvalue weighted by Crippen LogP contribution is 2.23. The molecule has 1 nitrogen and oxygen atoms in total. The van der Waals surface area contributed by atoms with Crippen LogP contribution >= 0.6 is 27.7 Å². The maximum atomic E-state index is 10.1. The fraction of sp³-hybridized carbons (Fsp3) is 0.250. The van der Waals surface area contributed by atoms with E-state index in [1.54, 1.807) is 11.8 Å². The molecule has 0 saturated heterocycles. The number of hydrogen-bond acceptors (Lipinski definition) is 2. The molecule has 2 rings (SSSR count). The van der Waals surface area contributed by atoms with E-state index in [9.17, 15) is 5.11 Å². The molecule has 100 valence electrons. The van der Waals surface area contributed by atoms with Crippen LogP contribution in [0.3, 0.4) is 0 Å².